The molecule has 0 spiro atoms. The summed E-state index contributed by atoms with van der Waals surface area (Å²) in [6.45, 7) is 0. The molecule has 0 unspecified atom stereocenters. The Morgan fingerprint density at radius 3 is 2.62 bits per heavy atom. The molecule has 104 valence electrons. The van der Waals surface area contributed by atoms with Crippen molar-refractivity contribution in [2.24, 2.45) is 7.05 Å². The second kappa shape index (κ2) is 3.98. The van der Waals surface area contributed by atoms with Gasteiger partial charge in [-0.25, -0.2) is 9.37 Å². The molecule has 0 bridgehead atoms. The summed E-state index contributed by atoms with van der Waals surface area (Å²) in [6, 6.07) is 5.97. The maximum Gasteiger partial charge on any atom is 0.225 e. The summed E-state index contributed by atoms with van der Waals surface area (Å²) >= 11 is 0. The molecule has 3 aromatic heterocycles. The minimum atomic E-state index is -0.307. The number of aromatic nitrogens is 6. The van der Waals surface area contributed by atoms with E-state index in [1.165, 1.54) is 16.6 Å². The van der Waals surface area contributed by atoms with Gasteiger partial charge in [0.15, 0.2) is 17.1 Å². The molecule has 0 amide bonds. The lowest BCUT2D eigenvalue weighted by molar-refractivity contribution is 0.628. The standard InChI is InChI=1S/C13H10FN7/c1-20-6-9-11(18-20)17-13(15)21-12(9)16-10(19-21)7-2-4-8(14)5-3-7/h2-6H,1H3,(H2,15,17,18). The van der Waals surface area contributed by atoms with Crippen LogP contribution in [0, 0.1) is 5.82 Å². The molecule has 3 heterocycles. The fourth-order valence-corrected chi connectivity index (χ4v) is 2.24. The Hall–Kier alpha value is -3.03. The Balaban J connectivity index is 2.02. The highest BCUT2D eigenvalue weighted by molar-refractivity contribution is 5.90. The number of hydrogen-bond acceptors (Lipinski definition) is 5. The molecule has 0 fully saturated rings. The first-order chi connectivity index (χ1) is 10.1. The Morgan fingerprint density at radius 2 is 1.86 bits per heavy atom. The van der Waals surface area contributed by atoms with Crippen molar-refractivity contribution >= 4 is 22.6 Å². The first-order valence-electron chi connectivity index (χ1n) is 6.23. The fraction of sp³-hybridized carbons (Fsp3) is 0.0769. The highest BCUT2D eigenvalue weighted by Crippen LogP contribution is 2.22. The van der Waals surface area contributed by atoms with Crippen molar-refractivity contribution in [3.05, 3.63) is 36.3 Å². The maximum absolute atomic E-state index is 13.0. The van der Waals surface area contributed by atoms with Crippen molar-refractivity contribution in [2.75, 3.05) is 5.73 Å². The van der Waals surface area contributed by atoms with E-state index in [0.717, 1.165) is 5.39 Å². The van der Waals surface area contributed by atoms with Crippen LogP contribution in [-0.2, 0) is 7.05 Å². The minimum Gasteiger partial charge on any atom is -0.368 e. The molecule has 21 heavy (non-hydrogen) atoms. The fourth-order valence-electron chi connectivity index (χ4n) is 2.24. The molecule has 0 atom stereocenters. The van der Waals surface area contributed by atoms with Crippen LogP contribution in [0.15, 0.2) is 30.5 Å². The summed E-state index contributed by atoms with van der Waals surface area (Å²) in [5.74, 6) is 0.357. The second-order valence-electron chi connectivity index (χ2n) is 4.69. The molecule has 0 radical (unpaired) electrons. The van der Waals surface area contributed by atoms with Gasteiger partial charge in [0.2, 0.25) is 5.95 Å². The predicted molar refractivity (Wildman–Crippen MR) is 74.9 cm³/mol. The van der Waals surface area contributed by atoms with Gasteiger partial charge in [0, 0.05) is 18.8 Å². The molecular formula is C13H10FN7. The highest BCUT2D eigenvalue weighted by Gasteiger charge is 2.14. The summed E-state index contributed by atoms with van der Waals surface area (Å²) in [5.41, 5.74) is 7.68. The molecule has 4 rings (SSSR count). The van der Waals surface area contributed by atoms with Gasteiger partial charge < -0.3 is 5.73 Å². The lowest BCUT2D eigenvalue weighted by Crippen LogP contribution is -2.02. The van der Waals surface area contributed by atoms with Crippen molar-refractivity contribution in [1.29, 1.82) is 0 Å². The zero-order chi connectivity index (χ0) is 14.6. The summed E-state index contributed by atoms with van der Waals surface area (Å²) in [5, 5.41) is 9.30. The van der Waals surface area contributed by atoms with Gasteiger partial charge in [0.05, 0.1) is 5.39 Å². The smallest absolute Gasteiger partial charge is 0.225 e. The van der Waals surface area contributed by atoms with Crippen molar-refractivity contribution in [3.8, 4) is 11.4 Å². The Bertz CT molecular complexity index is 968. The number of halogens is 1. The third kappa shape index (κ3) is 1.72. The van der Waals surface area contributed by atoms with E-state index in [0.29, 0.717) is 22.7 Å². The van der Waals surface area contributed by atoms with Crippen LogP contribution in [0.4, 0.5) is 10.3 Å². The van der Waals surface area contributed by atoms with Gasteiger partial charge in [-0.15, -0.1) is 5.10 Å². The summed E-state index contributed by atoms with van der Waals surface area (Å²) in [4.78, 5) is 8.66. The predicted octanol–water partition coefficient (Wildman–Crippen LogP) is 1.40. The number of aryl methyl sites for hydroxylation is 1. The van der Waals surface area contributed by atoms with E-state index in [1.807, 2.05) is 0 Å². The van der Waals surface area contributed by atoms with Crippen molar-refractivity contribution in [1.82, 2.24) is 29.4 Å². The first-order valence-corrected chi connectivity index (χ1v) is 6.23. The number of anilines is 1. The summed E-state index contributed by atoms with van der Waals surface area (Å²) in [7, 11) is 1.80. The molecule has 2 N–H and O–H groups in total. The number of nitrogens with two attached hydrogens (primary N) is 1. The Labute approximate surface area is 117 Å². The van der Waals surface area contributed by atoms with Crippen LogP contribution in [-0.4, -0.2) is 29.4 Å². The van der Waals surface area contributed by atoms with Gasteiger partial charge in [-0.1, -0.05) is 0 Å². The van der Waals surface area contributed by atoms with Gasteiger partial charge in [0.25, 0.3) is 0 Å². The van der Waals surface area contributed by atoms with E-state index in [1.54, 1.807) is 30.1 Å². The SMILES string of the molecule is Cn1cc2c(nc(N)n3nc(-c4ccc(F)cc4)nc23)n1. The van der Waals surface area contributed by atoms with Gasteiger partial charge in [0.1, 0.15) is 5.82 Å². The molecule has 1 aromatic carbocycles. The van der Waals surface area contributed by atoms with Crippen LogP contribution in [0.25, 0.3) is 28.1 Å². The number of fused-ring (bicyclic) bond motifs is 3. The van der Waals surface area contributed by atoms with Gasteiger partial charge in [-0.2, -0.15) is 14.6 Å². The molecule has 0 saturated carbocycles. The van der Waals surface area contributed by atoms with Crippen LogP contribution in [0.5, 0.6) is 0 Å². The molecule has 8 heteroatoms. The van der Waals surface area contributed by atoms with E-state index in [-0.39, 0.29) is 11.8 Å². The van der Waals surface area contributed by atoms with Crippen molar-refractivity contribution in [3.63, 3.8) is 0 Å². The second-order valence-corrected chi connectivity index (χ2v) is 4.69. The third-order valence-corrected chi connectivity index (χ3v) is 3.20. The topological polar surface area (TPSA) is 86.9 Å². The quantitative estimate of drug-likeness (QED) is 0.570. The Kier molecular flexibility index (Phi) is 2.23. The molecule has 0 aliphatic rings. The van der Waals surface area contributed by atoms with Crippen molar-refractivity contribution in [2.45, 2.75) is 0 Å². The normalized spacial score (nSPS) is 11.5. The lowest BCUT2D eigenvalue weighted by Gasteiger charge is -1.95. The highest BCUT2D eigenvalue weighted by atomic mass is 19.1. The molecular weight excluding hydrogens is 273 g/mol. The zero-order valence-electron chi connectivity index (χ0n) is 11.0. The first kappa shape index (κ1) is 11.8. The van der Waals surface area contributed by atoms with Gasteiger partial charge >= 0.3 is 0 Å². The number of benzene rings is 1. The third-order valence-electron chi connectivity index (χ3n) is 3.20. The maximum atomic E-state index is 13.0. The number of hydrogen-bond donors (Lipinski definition) is 1. The summed E-state index contributed by atoms with van der Waals surface area (Å²) < 4.78 is 16.1. The number of rotatable bonds is 1. The van der Waals surface area contributed by atoms with Gasteiger partial charge in [-0.05, 0) is 24.3 Å². The lowest BCUT2D eigenvalue weighted by atomic mass is 10.2. The average molecular weight is 283 g/mol. The van der Waals surface area contributed by atoms with Crippen LogP contribution in [0.3, 0.4) is 0 Å². The minimum absolute atomic E-state index is 0.206. The van der Waals surface area contributed by atoms with Crippen LogP contribution in [0.1, 0.15) is 0 Å². The summed E-state index contributed by atoms with van der Waals surface area (Å²) in [6.07, 6.45) is 1.81. The molecule has 0 aliphatic heterocycles. The molecule has 7 nitrogen and oxygen atoms in total. The van der Waals surface area contributed by atoms with E-state index >= 15 is 0 Å². The largest absolute Gasteiger partial charge is 0.368 e. The Morgan fingerprint density at radius 1 is 1.10 bits per heavy atom. The number of nitrogen functional groups attached to an aromatic ring is 1. The number of nitrogens with zero attached hydrogens (tertiary/aromatic N) is 6. The van der Waals surface area contributed by atoms with Crippen LogP contribution < -0.4 is 5.73 Å². The van der Waals surface area contributed by atoms with E-state index in [9.17, 15) is 4.39 Å². The van der Waals surface area contributed by atoms with E-state index in [2.05, 4.69) is 20.2 Å². The average Bonchev–Trinajstić information content (AvgIpc) is 3.03. The van der Waals surface area contributed by atoms with Crippen molar-refractivity contribution < 1.29 is 4.39 Å². The van der Waals surface area contributed by atoms with Crippen LogP contribution >= 0.6 is 0 Å². The molecule has 0 saturated heterocycles. The zero-order valence-corrected chi connectivity index (χ0v) is 11.0. The van der Waals surface area contributed by atoms with E-state index < -0.39 is 0 Å². The van der Waals surface area contributed by atoms with Crippen LogP contribution in [0.2, 0.25) is 0 Å². The molecule has 4 aromatic rings. The monoisotopic (exact) mass is 283 g/mol. The van der Waals surface area contributed by atoms with E-state index in [4.69, 9.17) is 5.73 Å². The van der Waals surface area contributed by atoms with Gasteiger partial charge in [-0.3, -0.25) is 4.68 Å². The molecule has 0 aliphatic carbocycles.